The van der Waals surface area contributed by atoms with Crippen LogP contribution in [0.1, 0.15) is 42.1 Å². The fourth-order valence-corrected chi connectivity index (χ4v) is 2.92. The third-order valence-electron chi connectivity index (χ3n) is 4.04. The van der Waals surface area contributed by atoms with Crippen LogP contribution in [0.5, 0.6) is 11.5 Å². The standard InChI is InChI=1S/C16H18O6/c1-8-3-2-4-12-16(22-12)15(20)14-9(6-13(19)21-8)5-10(17)7-11(14)18/h5,7-8,12,16-18H,2-4,6H2,1H3/t8-,12+,16-/m0/s1. The van der Waals surface area contributed by atoms with E-state index in [4.69, 9.17) is 9.47 Å². The molecule has 1 aromatic rings. The minimum Gasteiger partial charge on any atom is -0.508 e. The van der Waals surface area contributed by atoms with Crippen molar-refractivity contribution in [2.24, 2.45) is 0 Å². The highest BCUT2D eigenvalue weighted by atomic mass is 16.6. The molecule has 0 radical (unpaired) electrons. The largest absolute Gasteiger partial charge is 0.508 e. The lowest BCUT2D eigenvalue weighted by Crippen LogP contribution is -2.20. The van der Waals surface area contributed by atoms with Gasteiger partial charge in [-0.3, -0.25) is 9.59 Å². The smallest absolute Gasteiger partial charge is 0.310 e. The molecule has 0 spiro atoms. The van der Waals surface area contributed by atoms with Crippen LogP contribution in [0.15, 0.2) is 12.1 Å². The van der Waals surface area contributed by atoms with E-state index >= 15 is 0 Å². The minimum absolute atomic E-state index is 0.0375. The summed E-state index contributed by atoms with van der Waals surface area (Å²) in [7, 11) is 0. The van der Waals surface area contributed by atoms with Crippen molar-refractivity contribution in [1.82, 2.24) is 0 Å². The zero-order valence-electron chi connectivity index (χ0n) is 12.2. The molecule has 2 heterocycles. The van der Waals surface area contributed by atoms with Crippen LogP contribution in [0.4, 0.5) is 0 Å². The molecule has 1 aromatic carbocycles. The molecular weight excluding hydrogens is 288 g/mol. The number of ether oxygens (including phenoxy) is 2. The maximum Gasteiger partial charge on any atom is 0.310 e. The van der Waals surface area contributed by atoms with Crippen molar-refractivity contribution in [3.63, 3.8) is 0 Å². The summed E-state index contributed by atoms with van der Waals surface area (Å²) in [4.78, 5) is 24.4. The second kappa shape index (κ2) is 5.61. The lowest BCUT2D eigenvalue weighted by atomic mass is 9.95. The van der Waals surface area contributed by atoms with Crippen molar-refractivity contribution >= 4 is 11.8 Å². The lowest BCUT2D eigenvalue weighted by Gasteiger charge is -2.15. The van der Waals surface area contributed by atoms with Crippen molar-refractivity contribution < 1.29 is 29.3 Å². The predicted octanol–water partition coefficient (Wildman–Crippen LogP) is 1.71. The summed E-state index contributed by atoms with van der Waals surface area (Å²) < 4.78 is 10.7. The van der Waals surface area contributed by atoms with E-state index in [9.17, 15) is 19.8 Å². The highest BCUT2D eigenvalue weighted by Crippen LogP contribution is 2.36. The molecule has 6 nitrogen and oxygen atoms in total. The van der Waals surface area contributed by atoms with Gasteiger partial charge in [-0.05, 0) is 37.8 Å². The number of fused-ring (bicyclic) bond motifs is 2. The van der Waals surface area contributed by atoms with Crippen LogP contribution in [0.3, 0.4) is 0 Å². The predicted molar refractivity (Wildman–Crippen MR) is 75.9 cm³/mol. The average Bonchev–Trinajstić information content (AvgIpc) is 3.15. The number of Topliss-reactive ketones (excluding diaryl/α,β-unsaturated/α-hetero) is 1. The van der Waals surface area contributed by atoms with Crippen molar-refractivity contribution in [1.29, 1.82) is 0 Å². The first kappa shape index (κ1) is 14.8. The number of carbonyl (C=O) groups is 2. The molecule has 3 atom stereocenters. The Morgan fingerprint density at radius 3 is 2.73 bits per heavy atom. The lowest BCUT2D eigenvalue weighted by molar-refractivity contribution is -0.147. The number of ketones is 1. The molecule has 3 rings (SSSR count). The van der Waals surface area contributed by atoms with Crippen molar-refractivity contribution in [3.8, 4) is 11.5 Å². The molecule has 22 heavy (non-hydrogen) atoms. The Bertz CT molecular complexity index is 623. The fourth-order valence-electron chi connectivity index (χ4n) is 2.92. The second-order valence-electron chi connectivity index (χ2n) is 5.87. The summed E-state index contributed by atoms with van der Waals surface area (Å²) in [5, 5.41) is 19.6. The topological polar surface area (TPSA) is 96.4 Å². The number of benzene rings is 1. The molecule has 0 aliphatic carbocycles. The number of carbonyl (C=O) groups excluding carboxylic acids is 2. The number of aromatic hydroxyl groups is 2. The van der Waals surface area contributed by atoms with Gasteiger partial charge in [0.2, 0.25) is 0 Å². The maximum absolute atomic E-state index is 12.5. The molecular formula is C16H18O6. The van der Waals surface area contributed by atoms with Crippen molar-refractivity contribution in [2.45, 2.75) is 50.9 Å². The van der Waals surface area contributed by atoms with Crippen LogP contribution >= 0.6 is 0 Å². The first-order valence-electron chi connectivity index (χ1n) is 7.39. The van der Waals surface area contributed by atoms with Gasteiger partial charge < -0.3 is 19.7 Å². The van der Waals surface area contributed by atoms with Gasteiger partial charge in [-0.15, -0.1) is 0 Å². The Labute approximate surface area is 127 Å². The van der Waals surface area contributed by atoms with Crippen molar-refractivity contribution in [2.75, 3.05) is 0 Å². The Balaban J connectivity index is 1.98. The van der Waals surface area contributed by atoms with E-state index in [2.05, 4.69) is 0 Å². The second-order valence-corrected chi connectivity index (χ2v) is 5.87. The van der Waals surface area contributed by atoms with Crippen LogP contribution in [0.25, 0.3) is 0 Å². The Morgan fingerprint density at radius 2 is 1.95 bits per heavy atom. The molecule has 0 amide bonds. The van der Waals surface area contributed by atoms with E-state index in [1.54, 1.807) is 0 Å². The summed E-state index contributed by atoms with van der Waals surface area (Å²) in [6.45, 7) is 1.82. The van der Waals surface area contributed by atoms with Gasteiger partial charge in [-0.1, -0.05) is 0 Å². The van der Waals surface area contributed by atoms with E-state index < -0.39 is 12.1 Å². The summed E-state index contributed by atoms with van der Waals surface area (Å²) in [5.74, 6) is -1.38. The van der Waals surface area contributed by atoms with Crippen LogP contribution < -0.4 is 0 Å². The summed E-state index contributed by atoms with van der Waals surface area (Å²) in [5.41, 5.74) is 0.296. The van der Waals surface area contributed by atoms with Gasteiger partial charge in [0.25, 0.3) is 0 Å². The SMILES string of the molecule is C[C@H]1CCC[C@H]2O[C@@H]2C(=O)c2c(O)cc(O)cc2CC(=O)O1. The third-order valence-corrected chi connectivity index (χ3v) is 4.04. The highest BCUT2D eigenvalue weighted by Gasteiger charge is 2.46. The zero-order chi connectivity index (χ0) is 15.9. The molecule has 1 fully saturated rings. The molecule has 2 N–H and O–H groups in total. The Kier molecular flexibility index (Phi) is 3.78. The van der Waals surface area contributed by atoms with E-state index in [1.807, 2.05) is 6.92 Å². The number of hydrogen-bond donors (Lipinski definition) is 2. The van der Waals surface area contributed by atoms with Gasteiger partial charge in [0.05, 0.1) is 24.2 Å². The molecule has 2 aliphatic heterocycles. The first-order chi connectivity index (χ1) is 10.5. The summed E-state index contributed by atoms with van der Waals surface area (Å²) in [6, 6.07) is 2.40. The van der Waals surface area contributed by atoms with Gasteiger partial charge in [-0.25, -0.2) is 0 Å². The molecule has 0 saturated carbocycles. The van der Waals surface area contributed by atoms with Gasteiger partial charge in [-0.2, -0.15) is 0 Å². The van der Waals surface area contributed by atoms with Crippen LogP contribution in [-0.2, 0) is 20.7 Å². The van der Waals surface area contributed by atoms with Gasteiger partial charge >= 0.3 is 5.97 Å². The highest BCUT2D eigenvalue weighted by molar-refractivity contribution is 6.05. The Hall–Kier alpha value is -2.08. The molecule has 0 aromatic heterocycles. The normalized spacial score (nSPS) is 28.7. The summed E-state index contributed by atoms with van der Waals surface area (Å²) in [6.07, 6.45) is 1.13. The van der Waals surface area contributed by atoms with E-state index in [0.29, 0.717) is 12.8 Å². The number of hydrogen-bond acceptors (Lipinski definition) is 6. The average molecular weight is 306 g/mol. The maximum atomic E-state index is 12.5. The molecule has 2 aliphatic rings. The minimum atomic E-state index is -0.569. The molecule has 6 heteroatoms. The van der Waals surface area contributed by atoms with Crippen LogP contribution in [0, 0.1) is 0 Å². The zero-order valence-corrected chi connectivity index (χ0v) is 12.2. The molecule has 118 valence electrons. The summed E-state index contributed by atoms with van der Waals surface area (Å²) >= 11 is 0. The first-order valence-corrected chi connectivity index (χ1v) is 7.39. The van der Waals surface area contributed by atoms with Gasteiger partial charge in [0, 0.05) is 6.07 Å². The van der Waals surface area contributed by atoms with Crippen molar-refractivity contribution in [3.05, 3.63) is 23.3 Å². The quantitative estimate of drug-likeness (QED) is 0.559. The number of esters is 1. The number of phenolic OH excluding ortho intramolecular Hbond substituents is 2. The van der Waals surface area contributed by atoms with Crippen LogP contribution in [0.2, 0.25) is 0 Å². The van der Waals surface area contributed by atoms with E-state index in [-0.39, 0.29) is 47.0 Å². The number of rotatable bonds is 0. The molecule has 0 bridgehead atoms. The van der Waals surface area contributed by atoms with Crippen LogP contribution in [-0.4, -0.2) is 40.3 Å². The van der Waals surface area contributed by atoms with E-state index in [0.717, 1.165) is 12.5 Å². The number of cyclic esters (lactones) is 1. The fraction of sp³-hybridized carbons (Fsp3) is 0.500. The number of phenols is 2. The molecule has 1 saturated heterocycles. The van der Waals surface area contributed by atoms with Gasteiger partial charge in [0.1, 0.15) is 17.6 Å². The Morgan fingerprint density at radius 1 is 1.18 bits per heavy atom. The van der Waals surface area contributed by atoms with E-state index in [1.165, 1.54) is 6.07 Å². The third kappa shape index (κ3) is 2.92. The molecule has 0 unspecified atom stereocenters. The monoisotopic (exact) mass is 306 g/mol. The van der Waals surface area contributed by atoms with Gasteiger partial charge in [0.15, 0.2) is 5.78 Å². The number of epoxide rings is 1.